The van der Waals surface area contributed by atoms with Crippen LogP contribution in [0.4, 0.5) is 0 Å². The van der Waals surface area contributed by atoms with Crippen LogP contribution in [0, 0.1) is 0 Å². The van der Waals surface area contributed by atoms with Gasteiger partial charge in [0.2, 0.25) is 0 Å². The van der Waals surface area contributed by atoms with E-state index < -0.39 is 49.4 Å². The van der Waals surface area contributed by atoms with Crippen molar-refractivity contribution < 1.29 is 49.0 Å². The van der Waals surface area contributed by atoms with Crippen molar-refractivity contribution in [3.8, 4) is 0 Å². The van der Waals surface area contributed by atoms with Crippen molar-refractivity contribution in [2.75, 3.05) is 19.8 Å². The van der Waals surface area contributed by atoms with Crippen LogP contribution in [0.1, 0.15) is 219 Å². The lowest BCUT2D eigenvalue weighted by molar-refractivity contribution is -0.305. The number of unbranched alkanes of at least 4 members (excludes halogenated alkanes) is 26. The smallest absolute Gasteiger partial charge is 0.306 e. The average molecular weight is 839 g/mol. The fraction of sp³-hybridized carbons (Fsp3) is 0.878. The molecule has 10 heteroatoms. The number of aliphatic hydroxyl groups excluding tert-OH is 4. The van der Waals surface area contributed by atoms with Crippen LogP contribution in [0.3, 0.4) is 0 Å². The summed E-state index contributed by atoms with van der Waals surface area (Å²) in [4.78, 5) is 25.4. The SMILES string of the molecule is CCCCCC/C=C/CCCCCCCC(=O)O[C@@H](COC(=O)CCCCCCCCCCCCC/C=C/CCCCCCCC)CO[C@H]1O[C@@H](CO)[C@@H](O)C(O)C1O. The highest BCUT2D eigenvalue weighted by Crippen LogP contribution is 2.23. The van der Waals surface area contributed by atoms with E-state index in [-0.39, 0.29) is 32.0 Å². The Morgan fingerprint density at radius 3 is 1.34 bits per heavy atom. The topological polar surface area (TPSA) is 152 Å². The first kappa shape index (κ1) is 55.2. The standard InChI is InChI=1S/C49H90O10/c1-3-5-7-9-11-13-15-17-18-19-20-21-22-23-24-26-27-29-31-33-35-37-44(51)56-40-42(41-57-49-48(55)47(54)46(53)43(39-50)59-49)58-45(52)38-36-34-32-30-28-25-16-14-12-10-8-6-4-2/h14,16-18,42-43,46-50,53-55H,3-13,15,19-41H2,1-2H3/b16-14+,18-17+/t42-,43-,46+,47?,48?,49-/m0/s1. The van der Waals surface area contributed by atoms with Gasteiger partial charge in [-0.3, -0.25) is 9.59 Å². The van der Waals surface area contributed by atoms with Crippen molar-refractivity contribution in [1.29, 1.82) is 0 Å². The van der Waals surface area contributed by atoms with Gasteiger partial charge in [-0.05, 0) is 64.2 Å². The minimum atomic E-state index is -1.59. The predicted octanol–water partition coefficient (Wildman–Crippen LogP) is 10.9. The Hall–Kier alpha value is -1.82. The zero-order valence-electron chi connectivity index (χ0n) is 37.8. The predicted molar refractivity (Wildman–Crippen MR) is 238 cm³/mol. The minimum Gasteiger partial charge on any atom is -0.462 e. The Morgan fingerprint density at radius 1 is 0.508 bits per heavy atom. The molecular weight excluding hydrogens is 749 g/mol. The van der Waals surface area contributed by atoms with Crippen molar-refractivity contribution in [2.45, 2.75) is 256 Å². The third kappa shape index (κ3) is 31.7. The number of rotatable bonds is 41. The molecule has 2 unspecified atom stereocenters. The zero-order valence-corrected chi connectivity index (χ0v) is 37.8. The van der Waals surface area contributed by atoms with Crippen LogP contribution < -0.4 is 0 Å². The van der Waals surface area contributed by atoms with Crippen LogP contribution in [0.15, 0.2) is 24.3 Å². The largest absolute Gasteiger partial charge is 0.462 e. The van der Waals surface area contributed by atoms with E-state index in [1.54, 1.807) is 0 Å². The Balaban J connectivity index is 2.25. The van der Waals surface area contributed by atoms with E-state index in [0.29, 0.717) is 6.42 Å². The Kier molecular flexibility index (Phi) is 37.7. The summed E-state index contributed by atoms with van der Waals surface area (Å²) in [6, 6.07) is 0. The summed E-state index contributed by atoms with van der Waals surface area (Å²) in [6.07, 6.45) is 37.6. The molecule has 0 saturated carbocycles. The molecule has 1 saturated heterocycles. The first-order valence-corrected chi connectivity index (χ1v) is 24.4. The van der Waals surface area contributed by atoms with Gasteiger partial charge < -0.3 is 39.4 Å². The second kappa shape index (κ2) is 40.3. The number of esters is 2. The molecule has 346 valence electrons. The van der Waals surface area contributed by atoms with Crippen LogP contribution in [0.25, 0.3) is 0 Å². The van der Waals surface area contributed by atoms with Gasteiger partial charge in [-0.2, -0.15) is 0 Å². The molecule has 0 radical (unpaired) electrons. The highest BCUT2D eigenvalue weighted by Gasteiger charge is 2.44. The van der Waals surface area contributed by atoms with E-state index in [1.165, 1.54) is 128 Å². The number of hydrogen-bond donors (Lipinski definition) is 4. The molecule has 0 aromatic rings. The van der Waals surface area contributed by atoms with Gasteiger partial charge in [0.25, 0.3) is 0 Å². The van der Waals surface area contributed by atoms with E-state index in [9.17, 15) is 30.0 Å². The quantitative estimate of drug-likeness (QED) is 0.0266. The van der Waals surface area contributed by atoms with Crippen LogP contribution in [-0.4, -0.2) is 89.0 Å². The summed E-state index contributed by atoms with van der Waals surface area (Å²) in [5.74, 6) is -0.810. The number of allylic oxidation sites excluding steroid dienone is 4. The van der Waals surface area contributed by atoms with E-state index in [2.05, 4.69) is 38.2 Å². The lowest BCUT2D eigenvalue weighted by Crippen LogP contribution is -2.59. The Morgan fingerprint density at radius 2 is 0.898 bits per heavy atom. The molecule has 59 heavy (non-hydrogen) atoms. The highest BCUT2D eigenvalue weighted by molar-refractivity contribution is 5.70. The molecule has 1 aliphatic heterocycles. The molecule has 10 nitrogen and oxygen atoms in total. The maximum Gasteiger partial charge on any atom is 0.306 e. The molecule has 1 heterocycles. The van der Waals surface area contributed by atoms with Crippen molar-refractivity contribution in [3.63, 3.8) is 0 Å². The molecule has 0 aromatic carbocycles. The first-order chi connectivity index (χ1) is 28.8. The summed E-state index contributed by atoms with van der Waals surface area (Å²) in [6.45, 7) is 3.41. The number of ether oxygens (including phenoxy) is 4. The maximum absolute atomic E-state index is 12.8. The monoisotopic (exact) mass is 839 g/mol. The van der Waals surface area contributed by atoms with Crippen LogP contribution >= 0.6 is 0 Å². The third-order valence-corrected chi connectivity index (χ3v) is 11.3. The highest BCUT2D eigenvalue weighted by atomic mass is 16.7. The fourth-order valence-corrected chi connectivity index (χ4v) is 7.41. The van der Waals surface area contributed by atoms with Crippen LogP contribution in [0.5, 0.6) is 0 Å². The Bertz CT molecular complexity index is 1020. The summed E-state index contributed by atoms with van der Waals surface area (Å²) < 4.78 is 22.2. The Labute approximate surface area is 360 Å². The lowest BCUT2D eigenvalue weighted by atomic mass is 9.99. The van der Waals surface area contributed by atoms with Crippen molar-refractivity contribution in [1.82, 2.24) is 0 Å². The normalized spacial score (nSPS) is 20.1. The number of aliphatic hydroxyl groups is 4. The molecule has 0 spiro atoms. The molecule has 0 aliphatic carbocycles. The van der Waals surface area contributed by atoms with Crippen LogP contribution in [0.2, 0.25) is 0 Å². The first-order valence-electron chi connectivity index (χ1n) is 24.4. The van der Waals surface area contributed by atoms with Gasteiger partial charge in [-0.25, -0.2) is 0 Å². The van der Waals surface area contributed by atoms with Crippen molar-refractivity contribution >= 4 is 11.9 Å². The molecule has 1 aliphatic rings. The van der Waals surface area contributed by atoms with Gasteiger partial charge >= 0.3 is 11.9 Å². The maximum atomic E-state index is 12.8. The van der Waals surface area contributed by atoms with Gasteiger partial charge in [0.1, 0.15) is 31.0 Å². The van der Waals surface area contributed by atoms with E-state index in [4.69, 9.17) is 18.9 Å². The summed E-state index contributed by atoms with van der Waals surface area (Å²) >= 11 is 0. The van der Waals surface area contributed by atoms with Gasteiger partial charge in [-0.1, -0.05) is 167 Å². The number of carbonyl (C=O) groups excluding carboxylic acids is 2. The molecule has 0 amide bonds. The van der Waals surface area contributed by atoms with Gasteiger partial charge in [0.15, 0.2) is 12.4 Å². The van der Waals surface area contributed by atoms with Gasteiger partial charge in [0.05, 0.1) is 13.2 Å². The molecular formula is C49H90O10. The second-order valence-corrected chi connectivity index (χ2v) is 16.9. The molecule has 1 fully saturated rings. The van der Waals surface area contributed by atoms with Gasteiger partial charge in [-0.15, -0.1) is 0 Å². The molecule has 4 N–H and O–H groups in total. The molecule has 0 aromatic heterocycles. The van der Waals surface area contributed by atoms with Crippen LogP contribution in [-0.2, 0) is 28.5 Å². The van der Waals surface area contributed by atoms with Crippen molar-refractivity contribution in [3.05, 3.63) is 24.3 Å². The fourth-order valence-electron chi connectivity index (χ4n) is 7.41. The van der Waals surface area contributed by atoms with E-state index in [1.807, 2.05) is 0 Å². The zero-order chi connectivity index (χ0) is 43.0. The lowest BCUT2D eigenvalue weighted by Gasteiger charge is -2.39. The number of hydrogen-bond acceptors (Lipinski definition) is 10. The summed E-state index contributed by atoms with van der Waals surface area (Å²) in [5, 5.41) is 40.1. The summed E-state index contributed by atoms with van der Waals surface area (Å²) in [5.41, 5.74) is 0. The third-order valence-electron chi connectivity index (χ3n) is 11.3. The molecule has 0 bridgehead atoms. The van der Waals surface area contributed by atoms with E-state index >= 15 is 0 Å². The van der Waals surface area contributed by atoms with Crippen molar-refractivity contribution in [2.24, 2.45) is 0 Å². The molecule has 6 atom stereocenters. The summed E-state index contributed by atoms with van der Waals surface area (Å²) in [7, 11) is 0. The second-order valence-electron chi connectivity index (χ2n) is 16.9. The minimum absolute atomic E-state index is 0.218. The average Bonchev–Trinajstić information content (AvgIpc) is 3.23. The number of carbonyl (C=O) groups is 2. The van der Waals surface area contributed by atoms with Gasteiger partial charge in [0, 0.05) is 12.8 Å². The van der Waals surface area contributed by atoms with E-state index in [0.717, 1.165) is 57.8 Å². The molecule has 1 rings (SSSR count).